The van der Waals surface area contributed by atoms with Crippen molar-refractivity contribution >= 4 is 17.0 Å². The molecule has 1 atom stereocenters. The predicted molar refractivity (Wildman–Crippen MR) is 117 cm³/mol. The second-order valence-electron chi connectivity index (χ2n) is 9.61. The molecule has 3 aromatic rings. The van der Waals surface area contributed by atoms with Crippen LogP contribution in [-0.2, 0) is 9.47 Å². The molecule has 2 aliphatic heterocycles. The van der Waals surface area contributed by atoms with Crippen LogP contribution in [0.1, 0.15) is 57.8 Å². The van der Waals surface area contributed by atoms with Gasteiger partial charge in [-0.15, -0.1) is 0 Å². The molecular weight excluding hydrogens is 410 g/mol. The fourth-order valence-corrected chi connectivity index (χ4v) is 4.21. The van der Waals surface area contributed by atoms with Crippen LogP contribution in [0, 0.1) is 0 Å². The number of amides is 1. The average molecular weight is 440 g/mol. The van der Waals surface area contributed by atoms with Crippen molar-refractivity contribution in [1.29, 1.82) is 0 Å². The van der Waals surface area contributed by atoms with Crippen LogP contribution in [0.5, 0.6) is 0 Å². The monoisotopic (exact) mass is 439 g/mol. The summed E-state index contributed by atoms with van der Waals surface area (Å²) in [7, 11) is 0. The Morgan fingerprint density at radius 2 is 2.03 bits per heavy atom. The van der Waals surface area contributed by atoms with E-state index in [4.69, 9.17) is 19.0 Å². The molecule has 1 unspecified atom stereocenters. The van der Waals surface area contributed by atoms with E-state index in [1.807, 2.05) is 43.8 Å². The Morgan fingerprint density at radius 1 is 1.19 bits per heavy atom. The van der Waals surface area contributed by atoms with Crippen LogP contribution < -0.4 is 0 Å². The van der Waals surface area contributed by atoms with Crippen LogP contribution in [0.2, 0.25) is 0 Å². The van der Waals surface area contributed by atoms with Gasteiger partial charge in [0.1, 0.15) is 5.60 Å². The van der Waals surface area contributed by atoms with Gasteiger partial charge >= 0.3 is 6.09 Å². The first-order valence-electron chi connectivity index (χ1n) is 11.2. The van der Waals surface area contributed by atoms with E-state index >= 15 is 0 Å². The van der Waals surface area contributed by atoms with Crippen LogP contribution in [0.25, 0.3) is 22.4 Å². The molecule has 0 saturated carbocycles. The molecule has 5 rings (SSSR count). The van der Waals surface area contributed by atoms with Gasteiger partial charge in [0.15, 0.2) is 5.82 Å². The van der Waals surface area contributed by atoms with Gasteiger partial charge in [-0.05, 0) is 52.2 Å². The number of benzene rings is 1. The highest BCUT2D eigenvalue weighted by Gasteiger charge is 2.28. The highest BCUT2D eigenvalue weighted by Crippen LogP contribution is 2.31. The lowest BCUT2D eigenvalue weighted by atomic mass is 10.0. The predicted octanol–water partition coefficient (Wildman–Crippen LogP) is 4.16. The van der Waals surface area contributed by atoms with Crippen molar-refractivity contribution in [3.8, 4) is 11.5 Å². The van der Waals surface area contributed by atoms with E-state index in [0.717, 1.165) is 35.7 Å². The average Bonchev–Trinajstić information content (AvgIpc) is 3.26. The number of fused-ring (bicyclic) bond motifs is 1. The zero-order chi connectivity index (χ0) is 22.3. The molecule has 0 aliphatic carbocycles. The molecule has 9 heteroatoms. The largest absolute Gasteiger partial charge is 0.444 e. The minimum atomic E-state index is -0.493. The number of rotatable bonds is 3. The van der Waals surface area contributed by atoms with Gasteiger partial charge < -0.3 is 18.9 Å². The molecule has 170 valence electrons. The van der Waals surface area contributed by atoms with E-state index in [0.29, 0.717) is 38.0 Å². The standard InChI is InChI=1S/C23H29N5O4/c1-23(2,3)31-22(29)27-9-4-5-15(8-10-27)20-25-21(32-26-20)16-6-7-17-12-24-28(19(17)11-16)18-13-30-14-18/h6-7,11-12,15,18H,4-5,8-10,13-14H2,1-3H3. The molecule has 32 heavy (non-hydrogen) atoms. The lowest BCUT2D eigenvalue weighted by Crippen LogP contribution is -2.37. The Morgan fingerprint density at radius 3 is 2.78 bits per heavy atom. The lowest BCUT2D eigenvalue weighted by Gasteiger charge is -2.26. The summed E-state index contributed by atoms with van der Waals surface area (Å²) < 4.78 is 18.5. The number of hydrogen-bond donors (Lipinski definition) is 0. The molecule has 1 amide bonds. The minimum Gasteiger partial charge on any atom is -0.444 e. The number of carbonyl (C=O) groups excluding carboxylic acids is 1. The van der Waals surface area contributed by atoms with E-state index < -0.39 is 5.60 Å². The first-order chi connectivity index (χ1) is 15.4. The molecule has 2 aliphatic rings. The molecule has 2 fully saturated rings. The van der Waals surface area contributed by atoms with E-state index in [1.165, 1.54) is 0 Å². The summed E-state index contributed by atoms with van der Waals surface area (Å²) in [5.74, 6) is 1.36. The zero-order valence-corrected chi connectivity index (χ0v) is 18.8. The Bertz CT molecular complexity index is 1110. The smallest absolute Gasteiger partial charge is 0.410 e. The van der Waals surface area contributed by atoms with Crippen molar-refractivity contribution in [3.05, 3.63) is 30.2 Å². The summed E-state index contributed by atoms with van der Waals surface area (Å²) in [5.41, 5.74) is 1.42. The van der Waals surface area contributed by atoms with Gasteiger partial charge in [0, 0.05) is 30.0 Å². The molecule has 2 saturated heterocycles. The summed E-state index contributed by atoms with van der Waals surface area (Å²) in [6.45, 7) is 8.34. The first kappa shape index (κ1) is 20.9. The third-order valence-corrected chi connectivity index (χ3v) is 6.00. The molecule has 1 aromatic carbocycles. The van der Waals surface area contributed by atoms with Crippen LogP contribution in [0.3, 0.4) is 0 Å². The van der Waals surface area contributed by atoms with Gasteiger partial charge in [-0.25, -0.2) is 4.79 Å². The van der Waals surface area contributed by atoms with Gasteiger partial charge in [-0.1, -0.05) is 11.2 Å². The van der Waals surface area contributed by atoms with E-state index in [9.17, 15) is 4.79 Å². The second kappa shape index (κ2) is 8.20. The third kappa shape index (κ3) is 4.21. The lowest BCUT2D eigenvalue weighted by molar-refractivity contribution is -0.0266. The molecular formula is C23H29N5O4. The maximum Gasteiger partial charge on any atom is 0.410 e. The van der Waals surface area contributed by atoms with Crippen molar-refractivity contribution in [2.75, 3.05) is 26.3 Å². The fourth-order valence-electron chi connectivity index (χ4n) is 4.21. The normalized spacial score (nSPS) is 20.2. The van der Waals surface area contributed by atoms with E-state index in [1.54, 1.807) is 4.90 Å². The van der Waals surface area contributed by atoms with Crippen LogP contribution in [0.15, 0.2) is 28.9 Å². The maximum absolute atomic E-state index is 12.4. The van der Waals surface area contributed by atoms with Gasteiger partial charge in [0.05, 0.1) is 31.0 Å². The third-order valence-electron chi connectivity index (χ3n) is 6.00. The van der Waals surface area contributed by atoms with E-state index in [2.05, 4.69) is 16.3 Å². The summed E-state index contributed by atoms with van der Waals surface area (Å²) in [6, 6.07) is 6.34. The van der Waals surface area contributed by atoms with Gasteiger partial charge in [0.2, 0.25) is 0 Å². The van der Waals surface area contributed by atoms with Gasteiger partial charge in [-0.3, -0.25) is 4.68 Å². The number of aromatic nitrogens is 4. The second-order valence-corrected chi connectivity index (χ2v) is 9.61. The quantitative estimate of drug-likeness (QED) is 0.604. The SMILES string of the molecule is CC(C)(C)OC(=O)N1CCCC(c2noc(-c3ccc4cnn(C5COC5)c4c3)n2)CC1. The highest BCUT2D eigenvalue weighted by molar-refractivity contribution is 5.83. The Balaban J connectivity index is 1.30. The first-order valence-corrected chi connectivity index (χ1v) is 11.2. The topological polar surface area (TPSA) is 95.5 Å². The van der Waals surface area contributed by atoms with Crippen molar-refractivity contribution in [2.45, 2.75) is 57.6 Å². The molecule has 2 aromatic heterocycles. The summed E-state index contributed by atoms with van der Waals surface area (Å²) >= 11 is 0. The van der Waals surface area contributed by atoms with Crippen LogP contribution in [0.4, 0.5) is 4.79 Å². The fraction of sp³-hybridized carbons (Fsp3) is 0.565. The van der Waals surface area contributed by atoms with Gasteiger partial charge in [0.25, 0.3) is 5.89 Å². The summed E-state index contributed by atoms with van der Waals surface area (Å²) in [5, 5.41) is 9.86. The Labute approximate surface area is 186 Å². The minimum absolute atomic E-state index is 0.154. The maximum atomic E-state index is 12.4. The van der Waals surface area contributed by atoms with E-state index in [-0.39, 0.29) is 18.1 Å². The summed E-state index contributed by atoms with van der Waals surface area (Å²) in [4.78, 5) is 18.9. The molecule has 0 radical (unpaired) electrons. The van der Waals surface area contributed by atoms with Crippen molar-refractivity contribution in [2.24, 2.45) is 0 Å². The molecule has 0 N–H and O–H groups in total. The van der Waals surface area contributed by atoms with Crippen molar-refractivity contribution < 1.29 is 18.8 Å². The van der Waals surface area contributed by atoms with Crippen molar-refractivity contribution in [1.82, 2.24) is 24.8 Å². The van der Waals surface area contributed by atoms with Gasteiger partial charge in [-0.2, -0.15) is 10.1 Å². The molecule has 4 heterocycles. The van der Waals surface area contributed by atoms with Crippen LogP contribution in [-0.4, -0.2) is 62.8 Å². The Hall–Kier alpha value is -2.94. The highest BCUT2D eigenvalue weighted by atomic mass is 16.6. The van der Waals surface area contributed by atoms with Crippen molar-refractivity contribution in [3.63, 3.8) is 0 Å². The van der Waals surface area contributed by atoms with Crippen LogP contribution >= 0.6 is 0 Å². The number of carbonyl (C=O) groups is 1. The zero-order valence-electron chi connectivity index (χ0n) is 18.8. The number of hydrogen-bond acceptors (Lipinski definition) is 7. The molecule has 9 nitrogen and oxygen atoms in total. The molecule has 0 spiro atoms. The number of nitrogens with zero attached hydrogens (tertiary/aromatic N) is 5. The Kier molecular flexibility index (Phi) is 5.36. The number of ether oxygens (including phenoxy) is 2. The number of likely N-dealkylation sites (tertiary alicyclic amines) is 1. The summed E-state index contributed by atoms with van der Waals surface area (Å²) in [6.07, 6.45) is 4.19. The molecule has 0 bridgehead atoms.